The summed E-state index contributed by atoms with van der Waals surface area (Å²) >= 11 is 0. The number of aromatic carboxylic acids is 1. The zero-order valence-corrected chi connectivity index (χ0v) is 11.8. The molecule has 21 heavy (non-hydrogen) atoms. The number of carboxylic acids is 1. The van der Waals surface area contributed by atoms with Gasteiger partial charge in [-0.3, -0.25) is 9.78 Å². The summed E-state index contributed by atoms with van der Waals surface area (Å²) in [6, 6.07) is 8.57. The normalized spacial score (nSPS) is 10.4. The highest BCUT2D eigenvalue weighted by Gasteiger charge is 2.13. The lowest BCUT2D eigenvalue weighted by Gasteiger charge is -2.09. The van der Waals surface area contributed by atoms with Crippen LogP contribution < -0.4 is 5.32 Å². The van der Waals surface area contributed by atoms with Gasteiger partial charge in [-0.2, -0.15) is 0 Å². The van der Waals surface area contributed by atoms with Gasteiger partial charge in [-0.05, 0) is 29.7 Å². The molecule has 5 nitrogen and oxygen atoms in total. The predicted molar refractivity (Wildman–Crippen MR) is 79.7 cm³/mol. The quantitative estimate of drug-likeness (QED) is 0.903. The van der Waals surface area contributed by atoms with Crippen LogP contribution in [0.25, 0.3) is 0 Å². The molecule has 0 aliphatic rings. The van der Waals surface area contributed by atoms with Crippen LogP contribution in [-0.2, 0) is 0 Å². The minimum Gasteiger partial charge on any atom is -0.478 e. The van der Waals surface area contributed by atoms with E-state index in [4.69, 9.17) is 5.11 Å². The van der Waals surface area contributed by atoms with E-state index in [1.165, 1.54) is 18.5 Å². The Bertz CT molecular complexity index is 663. The number of aromatic nitrogens is 1. The maximum atomic E-state index is 12.1. The third-order valence-corrected chi connectivity index (χ3v) is 3.14. The lowest BCUT2D eigenvalue weighted by molar-refractivity contribution is 0.0698. The van der Waals surface area contributed by atoms with Crippen LogP contribution in [-0.4, -0.2) is 22.0 Å². The van der Waals surface area contributed by atoms with E-state index >= 15 is 0 Å². The van der Waals surface area contributed by atoms with Crippen molar-refractivity contribution in [3.63, 3.8) is 0 Å². The Morgan fingerprint density at radius 1 is 1.14 bits per heavy atom. The number of hydrogen-bond acceptors (Lipinski definition) is 3. The third kappa shape index (κ3) is 3.45. The molecule has 1 heterocycles. The average Bonchev–Trinajstić information content (AvgIpc) is 2.47. The SMILES string of the molecule is CC(C)c1ccc(C(=O)Nc2cnccc2C(=O)O)cc1. The van der Waals surface area contributed by atoms with E-state index in [-0.39, 0.29) is 17.2 Å². The van der Waals surface area contributed by atoms with Crippen LogP contribution in [0.3, 0.4) is 0 Å². The molecule has 1 aromatic carbocycles. The Balaban J connectivity index is 2.20. The molecule has 0 radical (unpaired) electrons. The molecule has 0 aliphatic heterocycles. The topological polar surface area (TPSA) is 79.3 Å². The Kier molecular flexibility index (Phi) is 4.33. The first kappa shape index (κ1) is 14.7. The van der Waals surface area contributed by atoms with Crippen LogP contribution in [0.1, 0.15) is 46.0 Å². The standard InChI is InChI=1S/C16H16N2O3/c1-10(2)11-3-5-12(6-4-11)15(19)18-14-9-17-8-7-13(14)16(20)21/h3-10H,1-2H3,(H,18,19)(H,20,21). The van der Waals surface area contributed by atoms with Crippen LogP contribution in [0.5, 0.6) is 0 Å². The highest BCUT2D eigenvalue weighted by atomic mass is 16.4. The van der Waals surface area contributed by atoms with Crippen molar-refractivity contribution < 1.29 is 14.7 Å². The van der Waals surface area contributed by atoms with Crippen molar-refractivity contribution in [1.29, 1.82) is 0 Å². The van der Waals surface area contributed by atoms with Gasteiger partial charge in [0.25, 0.3) is 5.91 Å². The molecule has 0 bridgehead atoms. The molecular weight excluding hydrogens is 268 g/mol. The second-order valence-electron chi connectivity index (χ2n) is 4.96. The zero-order valence-electron chi connectivity index (χ0n) is 11.8. The average molecular weight is 284 g/mol. The van der Waals surface area contributed by atoms with Gasteiger partial charge in [0.15, 0.2) is 0 Å². The lowest BCUT2D eigenvalue weighted by atomic mass is 10.0. The second kappa shape index (κ2) is 6.17. The molecule has 5 heteroatoms. The van der Waals surface area contributed by atoms with E-state index in [1.807, 2.05) is 12.1 Å². The van der Waals surface area contributed by atoms with Crippen LogP contribution in [0.4, 0.5) is 5.69 Å². The van der Waals surface area contributed by atoms with Gasteiger partial charge >= 0.3 is 5.97 Å². The van der Waals surface area contributed by atoms with Gasteiger partial charge in [0.1, 0.15) is 0 Å². The molecule has 0 atom stereocenters. The monoisotopic (exact) mass is 284 g/mol. The van der Waals surface area contributed by atoms with Crippen LogP contribution in [0.15, 0.2) is 42.7 Å². The number of amides is 1. The third-order valence-electron chi connectivity index (χ3n) is 3.14. The first-order valence-corrected chi connectivity index (χ1v) is 6.57. The summed E-state index contributed by atoms with van der Waals surface area (Å²) in [5.74, 6) is -1.08. The minimum absolute atomic E-state index is 0.0113. The number of rotatable bonds is 4. The van der Waals surface area contributed by atoms with Gasteiger partial charge in [0, 0.05) is 11.8 Å². The zero-order chi connectivity index (χ0) is 15.4. The Morgan fingerprint density at radius 3 is 2.38 bits per heavy atom. The van der Waals surface area contributed by atoms with Crippen molar-refractivity contribution in [2.75, 3.05) is 5.32 Å². The van der Waals surface area contributed by atoms with E-state index in [2.05, 4.69) is 24.1 Å². The van der Waals surface area contributed by atoms with Crippen molar-refractivity contribution in [2.24, 2.45) is 0 Å². The molecule has 108 valence electrons. The molecule has 1 amide bonds. The summed E-state index contributed by atoms with van der Waals surface area (Å²) in [4.78, 5) is 27.1. The molecule has 0 saturated carbocycles. The van der Waals surface area contributed by atoms with Gasteiger partial charge in [-0.25, -0.2) is 4.79 Å². The maximum absolute atomic E-state index is 12.1. The van der Waals surface area contributed by atoms with Gasteiger partial charge < -0.3 is 10.4 Å². The van der Waals surface area contributed by atoms with E-state index in [9.17, 15) is 9.59 Å². The van der Waals surface area contributed by atoms with E-state index in [0.29, 0.717) is 11.5 Å². The van der Waals surface area contributed by atoms with Crippen LogP contribution in [0.2, 0.25) is 0 Å². The fourth-order valence-corrected chi connectivity index (χ4v) is 1.89. The van der Waals surface area contributed by atoms with Crippen molar-refractivity contribution in [3.05, 3.63) is 59.4 Å². The first-order chi connectivity index (χ1) is 9.99. The molecule has 1 aromatic heterocycles. The van der Waals surface area contributed by atoms with Crippen molar-refractivity contribution in [3.8, 4) is 0 Å². The minimum atomic E-state index is -1.11. The van der Waals surface area contributed by atoms with E-state index in [1.54, 1.807) is 12.1 Å². The number of pyridine rings is 1. The van der Waals surface area contributed by atoms with Crippen molar-refractivity contribution in [2.45, 2.75) is 19.8 Å². The smallest absolute Gasteiger partial charge is 0.337 e. The number of nitrogens with zero attached hydrogens (tertiary/aromatic N) is 1. The summed E-state index contributed by atoms with van der Waals surface area (Å²) in [5, 5.41) is 11.6. The summed E-state index contributed by atoms with van der Waals surface area (Å²) in [7, 11) is 0. The lowest BCUT2D eigenvalue weighted by Crippen LogP contribution is -2.15. The largest absolute Gasteiger partial charge is 0.478 e. The van der Waals surface area contributed by atoms with Gasteiger partial charge in [0.2, 0.25) is 0 Å². The number of nitrogens with one attached hydrogen (secondary N) is 1. The second-order valence-corrected chi connectivity index (χ2v) is 4.96. The maximum Gasteiger partial charge on any atom is 0.337 e. The number of anilines is 1. The van der Waals surface area contributed by atoms with E-state index < -0.39 is 5.97 Å². The number of carbonyl (C=O) groups is 2. The summed E-state index contributed by atoms with van der Waals surface area (Å²) in [6.45, 7) is 4.15. The molecule has 2 aromatic rings. The highest BCUT2D eigenvalue weighted by molar-refractivity contribution is 6.07. The van der Waals surface area contributed by atoms with Crippen molar-refractivity contribution >= 4 is 17.6 Å². The molecule has 0 saturated heterocycles. The molecule has 0 aliphatic carbocycles. The van der Waals surface area contributed by atoms with Gasteiger partial charge in [-0.15, -0.1) is 0 Å². The fourth-order valence-electron chi connectivity index (χ4n) is 1.89. The number of carbonyl (C=O) groups excluding carboxylic acids is 1. The van der Waals surface area contributed by atoms with Crippen molar-refractivity contribution in [1.82, 2.24) is 4.98 Å². The highest BCUT2D eigenvalue weighted by Crippen LogP contribution is 2.17. The van der Waals surface area contributed by atoms with Gasteiger partial charge in [0.05, 0.1) is 17.4 Å². The van der Waals surface area contributed by atoms with E-state index in [0.717, 1.165) is 5.56 Å². The predicted octanol–water partition coefficient (Wildman–Crippen LogP) is 3.16. The van der Waals surface area contributed by atoms with Gasteiger partial charge in [-0.1, -0.05) is 26.0 Å². The first-order valence-electron chi connectivity index (χ1n) is 6.57. The molecule has 2 rings (SSSR count). The fraction of sp³-hybridized carbons (Fsp3) is 0.188. The summed E-state index contributed by atoms with van der Waals surface area (Å²) < 4.78 is 0. The molecular formula is C16H16N2O3. The Hall–Kier alpha value is -2.69. The number of hydrogen-bond donors (Lipinski definition) is 2. The molecule has 2 N–H and O–H groups in total. The molecule has 0 unspecified atom stereocenters. The van der Waals surface area contributed by atoms with Crippen LogP contribution in [0, 0.1) is 0 Å². The summed E-state index contributed by atoms with van der Waals surface area (Å²) in [6.07, 6.45) is 2.69. The Labute approximate surface area is 122 Å². The summed E-state index contributed by atoms with van der Waals surface area (Å²) in [5.41, 5.74) is 1.80. The Morgan fingerprint density at radius 2 is 1.81 bits per heavy atom. The number of carboxylic acid groups (broad SMARTS) is 1. The molecule has 0 spiro atoms. The van der Waals surface area contributed by atoms with Crippen LogP contribution >= 0.6 is 0 Å². The molecule has 0 fully saturated rings. The number of benzene rings is 1.